The summed E-state index contributed by atoms with van der Waals surface area (Å²) in [4.78, 5) is 0. The van der Waals surface area contributed by atoms with Crippen molar-refractivity contribution in [3.8, 4) is 5.75 Å². The molecule has 0 aliphatic rings. The van der Waals surface area contributed by atoms with E-state index in [0.29, 0.717) is 10.6 Å². The molecule has 1 atom stereocenters. The van der Waals surface area contributed by atoms with Crippen LogP contribution < -0.4 is 4.74 Å². The maximum absolute atomic E-state index is 12.1. The van der Waals surface area contributed by atoms with Crippen molar-refractivity contribution in [1.82, 2.24) is 0 Å². The van der Waals surface area contributed by atoms with Crippen LogP contribution in [0.4, 0.5) is 8.78 Å². The zero-order chi connectivity index (χ0) is 11.4. The van der Waals surface area contributed by atoms with Crippen LogP contribution in [0, 0.1) is 6.92 Å². The van der Waals surface area contributed by atoms with Crippen LogP contribution in [0.15, 0.2) is 30.9 Å². The largest absolute Gasteiger partial charge is 0.435 e. The first kappa shape index (κ1) is 12.0. The van der Waals surface area contributed by atoms with Gasteiger partial charge in [0, 0.05) is 16.5 Å². The van der Waals surface area contributed by atoms with E-state index in [9.17, 15) is 8.78 Å². The van der Waals surface area contributed by atoms with Crippen molar-refractivity contribution >= 4 is 11.6 Å². The number of hydrogen-bond donors (Lipinski definition) is 0. The van der Waals surface area contributed by atoms with Gasteiger partial charge >= 0.3 is 6.61 Å². The van der Waals surface area contributed by atoms with Crippen LogP contribution in [-0.4, -0.2) is 6.61 Å². The predicted molar refractivity (Wildman–Crippen MR) is 56.4 cm³/mol. The first-order chi connectivity index (χ1) is 7.04. The van der Waals surface area contributed by atoms with Crippen LogP contribution in [0.3, 0.4) is 0 Å². The van der Waals surface area contributed by atoms with Gasteiger partial charge in [-0.25, -0.2) is 0 Å². The van der Waals surface area contributed by atoms with Crippen molar-refractivity contribution in [3.63, 3.8) is 0 Å². The number of alkyl halides is 2. The van der Waals surface area contributed by atoms with E-state index in [0.717, 1.165) is 0 Å². The molecule has 0 N–H and O–H groups in total. The highest BCUT2D eigenvalue weighted by molar-refractivity contribution is 6.30. The summed E-state index contributed by atoms with van der Waals surface area (Å²) in [6, 6.07) is 4.42. The summed E-state index contributed by atoms with van der Waals surface area (Å²) in [5, 5.41) is 0.446. The molecule has 0 aliphatic carbocycles. The Kier molecular flexibility index (Phi) is 4.09. The molecular weight excluding hydrogens is 222 g/mol. The lowest BCUT2D eigenvalue weighted by Crippen LogP contribution is -2.05. The number of rotatable bonds is 4. The minimum Gasteiger partial charge on any atom is -0.435 e. The van der Waals surface area contributed by atoms with Crippen LogP contribution in [0.5, 0.6) is 5.75 Å². The van der Waals surface area contributed by atoms with Crippen LogP contribution in [-0.2, 0) is 0 Å². The Morgan fingerprint density at radius 2 is 2.07 bits per heavy atom. The first-order valence-corrected chi connectivity index (χ1v) is 4.62. The van der Waals surface area contributed by atoms with Gasteiger partial charge in [-0.2, -0.15) is 8.78 Å². The Morgan fingerprint density at radius 1 is 1.40 bits per heavy atom. The molecule has 1 nitrogen and oxygen atoms in total. The van der Waals surface area contributed by atoms with Crippen molar-refractivity contribution in [2.45, 2.75) is 12.5 Å². The third-order valence-corrected chi connectivity index (χ3v) is 2.11. The van der Waals surface area contributed by atoms with E-state index in [-0.39, 0.29) is 11.7 Å². The zero-order valence-corrected chi connectivity index (χ0v) is 8.68. The van der Waals surface area contributed by atoms with E-state index >= 15 is 0 Å². The molecule has 0 aromatic heterocycles. The second kappa shape index (κ2) is 5.12. The van der Waals surface area contributed by atoms with Crippen LogP contribution in [0.1, 0.15) is 11.5 Å². The number of benzene rings is 1. The summed E-state index contributed by atoms with van der Waals surface area (Å²) in [5.41, 5.74) is 0.498. The fraction of sp³-hybridized carbons (Fsp3) is 0.182. The fourth-order valence-electron chi connectivity index (χ4n) is 1.14. The predicted octanol–water partition coefficient (Wildman–Crippen LogP) is 4.05. The van der Waals surface area contributed by atoms with E-state index in [2.05, 4.69) is 18.2 Å². The molecule has 1 aromatic rings. The molecule has 0 saturated heterocycles. The Morgan fingerprint density at radius 3 is 2.60 bits per heavy atom. The molecule has 1 rings (SSSR count). The van der Waals surface area contributed by atoms with Gasteiger partial charge in [0.15, 0.2) is 0 Å². The molecular formula is C11H10ClF2O. The molecule has 0 aliphatic heterocycles. The molecule has 81 valence electrons. The molecule has 4 heteroatoms. The number of halogens is 3. The van der Waals surface area contributed by atoms with Crippen molar-refractivity contribution in [2.24, 2.45) is 0 Å². The summed E-state index contributed by atoms with van der Waals surface area (Å²) in [5.74, 6) is -0.258. The molecule has 0 saturated carbocycles. The lowest BCUT2D eigenvalue weighted by Gasteiger charge is -2.13. The minimum absolute atomic E-state index is 0.0781. The number of ether oxygens (including phenoxy) is 1. The zero-order valence-electron chi connectivity index (χ0n) is 7.92. The number of allylic oxidation sites excluding steroid dienone is 1. The van der Waals surface area contributed by atoms with E-state index in [4.69, 9.17) is 11.6 Å². The highest BCUT2D eigenvalue weighted by Crippen LogP contribution is 2.30. The fourth-order valence-corrected chi connectivity index (χ4v) is 1.32. The second-order valence-electron chi connectivity index (χ2n) is 2.90. The Labute approximate surface area is 92.3 Å². The van der Waals surface area contributed by atoms with Gasteiger partial charge < -0.3 is 4.74 Å². The second-order valence-corrected chi connectivity index (χ2v) is 3.34. The first-order valence-electron chi connectivity index (χ1n) is 4.24. The maximum Gasteiger partial charge on any atom is 0.387 e. The van der Waals surface area contributed by atoms with E-state index < -0.39 is 6.61 Å². The van der Waals surface area contributed by atoms with Crippen LogP contribution >= 0.6 is 11.6 Å². The quantitative estimate of drug-likeness (QED) is 0.711. The molecule has 0 spiro atoms. The van der Waals surface area contributed by atoms with Gasteiger partial charge in [0.2, 0.25) is 0 Å². The van der Waals surface area contributed by atoms with E-state index in [1.54, 1.807) is 6.07 Å². The van der Waals surface area contributed by atoms with Crippen molar-refractivity contribution in [1.29, 1.82) is 0 Å². The molecule has 1 unspecified atom stereocenters. The van der Waals surface area contributed by atoms with Crippen LogP contribution in [0.25, 0.3) is 0 Å². The lowest BCUT2D eigenvalue weighted by molar-refractivity contribution is -0.0504. The van der Waals surface area contributed by atoms with E-state index in [1.165, 1.54) is 18.2 Å². The molecule has 0 fully saturated rings. The van der Waals surface area contributed by atoms with E-state index in [1.807, 2.05) is 0 Å². The van der Waals surface area contributed by atoms with Crippen molar-refractivity contribution in [2.75, 3.05) is 0 Å². The van der Waals surface area contributed by atoms with Gasteiger partial charge in [0.05, 0.1) is 0 Å². The summed E-state index contributed by atoms with van der Waals surface area (Å²) < 4.78 is 28.5. The Hall–Kier alpha value is -1.09. The Bertz CT molecular complexity index is 352. The van der Waals surface area contributed by atoms with Crippen LogP contribution in [0.2, 0.25) is 5.02 Å². The summed E-state index contributed by atoms with van der Waals surface area (Å²) in [6.07, 6.45) is 1.53. The van der Waals surface area contributed by atoms with Gasteiger partial charge in [-0.05, 0) is 25.1 Å². The average Bonchev–Trinajstić information content (AvgIpc) is 2.19. The van der Waals surface area contributed by atoms with Gasteiger partial charge in [-0.1, -0.05) is 17.7 Å². The standard InChI is InChI=1S/C11H10ClF2O/c1-3-7(2)9-6-8(12)4-5-10(9)15-11(13)14/h3-7,11H,1-2H2. The van der Waals surface area contributed by atoms with Crippen molar-refractivity contribution in [3.05, 3.63) is 48.4 Å². The van der Waals surface area contributed by atoms with Gasteiger partial charge in [-0.3, -0.25) is 0 Å². The third-order valence-electron chi connectivity index (χ3n) is 1.87. The summed E-state index contributed by atoms with van der Waals surface area (Å²) in [6.45, 7) is 4.41. The monoisotopic (exact) mass is 231 g/mol. The molecule has 0 bridgehead atoms. The van der Waals surface area contributed by atoms with Gasteiger partial charge in [0.1, 0.15) is 5.75 Å². The smallest absolute Gasteiger partial charge is 0.387 e. The third kappa shape index (κ3) is 3.20. The topological polar surface area (TPSA) is 9.23 Å². The molecule has 0 heterocycles. The summed E-state index contributed by atoms with van der Waals surface area (Å²) >= 11 is 5.75. The number of hydrogen-bond acceptors (Lipinski definition) is 1. The molecule has 0 amide bonds. The lowest BCUT2D eigenvalue weighted by atomic mass is 10.0. The maximum atomic E-state index is 12.1. The molecule has 1 aromatic carbocycles. The highest BCUT2D eigenvalue weighted by Gasteiger charge is 2.13. The Balaban J connectivity index is 3.08. The normalized spacial score (nSPS) is 12.6. The molecule has 15 heavy (non-hydrogen) atoms. The SMILES string of the molecule is [CH2]C(C=C)c1cc(Cl)ccc1OC(F)F. The van der Waals surface area contributed by atoms with Gasteiger partial charge in [0.25, 0.3) is 0 Å². The molecule has 1 radical (unpaired) electrons. The summed E-state index contributed by atoms with van der Waals surface area (Å²) in [7, 11) is 0. The van der Waals surface area contributed by atoms with Gasteiger partial charge in [-0.15, -0.1) is 6.58 Å². The average molecular weight is 232 g/mol. The van der Waals surface area contributed by atoms with Crippen molar-refractivity contribution < 1.29 is 13.5 Å². The highest BCUT2D eigenvalue weighted by atomic mass is 35.5. The minimum atomic E-state index is -2.86.